The number of benzene rings is 1. The number of aliphatic carboxylic acids is 1. The molecule has 4 heteroatoms. The van der Waals surface area contributed by atoms with Gasteiger partial charge in [0.2, 0.25) is 0 Å². The number of aliphatic hydroxyl groups excluding tert-OH is 1. The van der Waals surface area contributed by atoms with Gasteiger partial charge >= 0.3 is 5.97 Å². The minimum Gasteiger partial charge on any atom is -0.480 e. The topological polar surface area (TPSA) is 83.6 Å². The van der Waals surface area contributed by atoms with Gasteiger partial charge < -0.3 is 15.9 Å². The molecule has 1 aromatic carbocycles. The summed E-state index contributed by atoms with van der Waals surface area (Å²) in [6.07, 6.45) is 0.973. The van der Waals surface area contributed by atoms with Gasteiger partial charge in [-0.15, -0.1) is 0 Å². The third-order valence-corrected chi connectivity index (χ3v) is 1.54. The van der Waals surface area contributed by atoms with E-state index < -0.39 is 12.6 Å². The van der Waals surface area contributed by atoms with E-state index in [1.165, 1.54) is 5.56 Å². The monoisotopic (exact) mass is 211 g/mol. The van der Waals surface area contributed by atoms with Gasteiger partial charge in [0.05, 0.1) is 0 Å². The molecule has 0 amide bonds. The van der Waals surface area contributed by atoms with Crippen LogP contribution in [0.3, 0.4) is 0 Å². The minimum absolute atomic E-state index is 0.266. The third kappa shape index (κ3) is 8.93. The predicted octanol–water partition coefficient (Wildman–Crippen LogP) is 0.640. The molecule has 4 N–H and O–H groups in total. The Balaban J connectivity index is 0.000000336. The molecular weight excluding hydrogens is 194 g/mol. The number of nitrogens with two attached hydrogens (primary N) is 1. The van der Waals surface area contributed by atoms with E-state index in [1.807, 2.05) is 25.1 Å². The molecule has 0 aromatic heterocycles. The molecule has 0 aliphatic carbocycles. The minimum atomic E-state index is -1.19. The Morgan fingerprint density at radius 2 is 1.87 bits per heavy atom. The highest BCUT2D eigenvalue weighted by Crippen LogP contribution is 2.00. The summed E-state index contributed by atoms with van der Waals surface area (Å²) in [7, 11) is 0. The second-order valence-electron chi connectivity index (χ2n) is 3.22. The van der Waals surface area contributed by atoms with Crippen molar-refractivity contribution in [3.63, 3.8) is 0 Å². The molecule has 1 aromatic rings. The van der Waals surface area contributed by atoms with Crippen molar-refractivity contribution in [3.05, 3.63) is 35.9 Å². The van der Waals surface area contributed by atoms with Crippen LogP contribution in [-0.2, 0) is 11.2 Å². The molecule has 4 nitrogen and oxygen atoms in total. The van der Waals surface area contributed by atoms with Crippen molar-refractivity contribution in [2.24, 2.45) is 5.73 Å². The number of hydrogen-bond acceptors (Lipinski definition) is 3. The van der Waals surface area contributed by atoms with Gasteiger partial charge in [0.1, 0.15) is 6.61 Å². The molecule has 0 aliphatic rings. The first-order valence-electron chi connectivity index (χ1n) is 4.68. The third-order valence-electron chi connectivity index (χ3n) is 1.54. The van der Waals surface area contributed by atoms with Crippen molar-refractivity contribution in [1.29, 1.82) is 0 Å². The van der Waals surface area contributed by atoms with Crippen LogP contribution in [-0.4, -0.2) is 28.8 Å². The summed E-state index contributed by atoms with van der Waals surface area (Å²) in [4.78, 5) is 9.12. The molecule has 0 aliphatic heterocycles. The van der Waals surface area contributed by atoms with Crippen LogP contribution in [0.25, 0.3) is 0 Å². The zero-order valence-corrected chi connectivity index (χ0v) is 8.76. The van der Waals surface area contributed by atoms with Gasteiger partial charge in [0.25, 0.3) is 0 Å². The fraction of sp³-hybridized carbons (Fsp3) is 0.364. The quantitative estimate of drug-likeness (QED) is 0.685. The molecule has 0 spiro atoms. The Bertz CT molecular complexity index is 272. The molecule has 15 heavy (non-hydrogen) atoms. The van der Waals surface area contributed by atoms with E-state index in [2.05, 4.69) is 12.1 Å². The van der Waals surface area contributed by atoms with Gasteiger partial charge in [-0.1, -0.05) is 30.3 Å². The highest BCUT2D eigenvalue weighted by Gasteiger charge is 1.94. The SMILES string of the molecule is CC(N)Cc1ccccc1.O=C(O)CO. The maximum atomic E-state index is 9.12. The summed E-state index contributed by atoms with van der Waals surface area (Å²) in [5.41, 5.74) is 6.94. The van der Waals surface area contributed by atoms with Gasteiger partial charge in [-0.2, -0.15) is 0 Å². The van der Waals surface area contributed by atoms with Crippen LogP contribution in [0.5, 0.6) is 0 Å². The van der Waals surface area contributed by atoms with Gasteiger partial charge in [-0.3, -0.25) is 0 Å². The number of carboxylic acids is 1. The van der Waals surface area contributed by atoms with E-state index in [4.69, 9.17) is 20.7 Å². The van der Waals surface area contributed by atoms with Gasteiger partial charge in [-0.05, 0) is 18.9 Å². The van der Waals surface area contributed by atoms with Crippen LogP contribution in [0.1, 0.15) is 12.5 Å². The van der Waals surface area contributed by atoms with Crippen molar-refractivity contribution in [2.75, 3.05) is 6.61 Å². The smallest absolute Gasteiger partial charge is 0.329 e. The number of aliphatic hydroxyl groups is 1. The Labute approximate surface area is 89.4 Å². The lowest BCUT2D eigenvalue weighted by Gasteiger charge is -2.02. The van der Waals surface area contributed by atoms with Crippen molar-refractivity contribution >= 4 is 5.97 Å². The molecule has 1 unspecified atom stereocenters. The fourth-order valence-corrected chi connectivity index (χ4v) is 0.986. The normalized spacial score (nSPS) is 11.1. The standard InChI is InChI=1S/C9H13N.C2H4O3/c1-8(10)7-9-5-3-2-4-6-9;3-1-2(4)5/h2-6,8H,7,10H2,1H3;3H,1H2,(H,4,5). The van der Waals surface area contributed by atoms with Crippen LogP contribution in [0, 0.1) is 0 Å². The second kappa shape index (κ2) is 7.96. The number of rotatable bonds is 3. The zero-order chi connectivity index (χ0) is 11.7. The van der Waals surface area contributed by atoms with Crippen LogP contribution >= 0.6 is 0 Å². The van der Waals surface area contributed by atoms with E-state index in [0.29, 0.717) is 0 Å². The molecule has 0 fully saturated rings. The van der Waals surface area contributed by atoms with Gasteiger partial charge in [-0.25, -0.2) is 4.79 Å². The van der Waals surface area contributed by atoms with Crippen LogP contribution in [0.2, 0.25) is 0 Å². The van der Waals surface area contributed by atoms with Crippen molar-refractivity contribution in [2.45, 2.75) is 19.4 Å². The Morgan fingerprint density at radius 3 is 2.20 bits per heavy atom. The summed E-state index contributed by atoms with van der Waals surface area (Å²) in [5, 5.41) is 15.0. The lowest BCUT2D eigenvalue weighted by atomic mass is 10.1. The molecule has 0 heterocycles. The zero-order valence-electron chi connectivity index (χ0n) is 8.76. The summed E-state index contributed by atoms with van der Waals surface area (Å²) in [6, 6.07) is 10.6. The van der Waals surface area contributed by atoms with E-state index in [9.17, 15) is 0 Å². The van der Waals surface area contributed by atoms with Crippen molar-refractivity contribution < 1.29 is 15.0 Å². The van der Waals surface area contributed by atoms with E-state index in [1.54, 1.807) is 0 Å². The Kier molecular flexibility index (Phi) is 7.23. The maximum Gasteiger partial charge on any atom is 0.329 e. The Hall–Kier alpha value is -1.39. The fourth-order valence-electron chi connectivity index (χ4n) is 0.986. The summed E-state index contributed by atoms with van der Waals surface area (Å²) >= 11 is 0. The molecule has 1 rings (SSSR count). The lowest BCUT2D eigenvalue weighted by molar-refractivity contribution is -0.140. The number of hydrogen-bond donors (Lipinski definition) is 3. The van der Waals surface area contributed by atoms with Crippen LogP contribution in [0.15, 0.2) is 30.3 Å². The Morgan fingerprint density at radius 1 is 1.40 bits per heavy atom. The van der Waals surface area contributed by atoms with Crippen molar-refractivity contribution in [1.82, 2.24) is 0 Å². The van der Waals surface area contributed by atoms with E-state index >= 15 is 0 Å². The van der Waals surface area contributed by atoms with E-state index in [0.717, 1.165) is 6.42 Å². The average Bonchev–Trinajstić information content (AvgIpc) is 2.19. The molecule has 0 saturated heterocycles. The highest BCUT2D eigenvalue weighted by molar-refractivity contribution is 5.67. The maximum absolute atomic E-state index is 9.12. The molecule has 0 radical (unpaired) electrons. The van der Waals surface area contributed by atoms with Gasteiger partial charge in [0.15, 0.2) is 0 Å². The van der Waals surface area contributed by atoms with Gasteiger partial charge in [0, 0.05) is 6.04 Å². The highest BCUT2D eigenvalue weighted by atomic mass is 16.4. The summed E-state index contributed by atoms with van der Waals surface area (Å²) in [6.45, 7) is 1.24. The van der Waals surface area contributed by atoms with E-state index in [-0.39, 0.29) is 6.04 Å². The number of carbonyl (C=O) groups is 1. The predicted molar refractivity (Wildman–Crippen MR) is 58.5 cm³/mol. The molecule has 1 atom stereocenters. The lowest BCUT2D eigenvalue weighted by Crippen LogP contribution is -2.17. The van der Waals surface area contributed by atoms with Crippen LogP contribution in [0.4, 0.5) is 0 Å². The largest absolute Gasteiger partial charge is 0.480 e. The molecule has 0 bridgehead atoms. The average molecular weight is 211 g/mol. The first kappa shape index (κ1) is 13.6. The number of carboxylic acid groups (broad SMARTS) is 1. The van der Waals surface area contributed by atoms with Crippen LogP contribution < -0.4 is 5.73 Å². The summed E-state index contributed by atoms with van der Waals surface area (Å²) in [5.74, 6) is -1.19. The molecule has 84 valence electrons. The first-order chi connectivity index (χ1) is 7.06. The summed E-state index contributed by atoms with van der Waals surface area (Å²) < 4.78 is 0. The first-order valence-corrected chi connectivity index (χ1v) is 4.68. The molecule has 0 saturated carbocycles. The van der Waals surface area contributed by atoms with Crippen molar-refractivity contribution in [3.8, 4) is 0 Å². The second-order valence-corrected chi connectivity index (χ2v) is 3.22. The molecular formula is C11H17NO3.